The maximum atomic E-state index is 10.1. The molecule has 0 heterocycles. The largest absolute Gasteiger partial charge is 0.390 e. The van der Waals surface area contributed by atoms with Crippen molar-refractivity contribution in [3.8, 4) is 0 Å². The molecule has 13 heavy (non-hydrogen) atoms. The maximum Gasteiger partial charge on any atom is 0.0645 e. The van der Waals surface area contributed by atoms with Gasteiger partial charge in [-0.15, -0.1) is 0 Å². The summed E-state index contributed by atoms with van der Waals surface area (Å²) in [6.07, 6.45) is 3.29. The molecular formula is C12H24O. The molecule has 0 aromatic rings. The van der Waals surface area contributed by atoms with E-state index in [0.29, 0.717) is 11.3 Å². The Hall–Kier alpha value is -0.0400. The van der Waals surface area contributed by atoms with Gasteiger partial charge in [-0.05, 0) is 43.4 Å². The van der Waals surface area contributed by atoms with Gasteiger partial charge in [-0.3, -0.25) is 0 Å². The fourth-order valence-corrected chi connectivity index (χ4v) is 2.33. The molecule has 1 N–H and O–H groups in total. The van der Waals surface area contributed by atoms with Crippen LogP contribution in [0.5, 0.6) is 0 Å². The monoisotopic (exact) mass is 184 g/mol. The lowest BCUT2D eigenvalue weighted by molar-refractivity contribution is -0.0718. The van der Waals surface area contributed by atoms with Gasteiger partial charge in [0.1, 0.15) is 0 Å². The van der Waals surface area contributed by atoms with E-state index in [1.165, 1.54) is 6.42 Å². The molecule has 0 aliphatic heterocycles. The van der Waals surface area contributed by atoms with Crippen molar-refractivity contribution in [3.05, 3.63) is 0 Å². The molecule has 1 rings (SSSR count). The van der Waals surface area contributed by atoms with Crippen molar-refractivity contribution in [2.75, 3.05) is 0 Å². The fourth-order valence-electron chi connectivity index (χ4n) is 2.33. The topological polar surface area (TPSA) is 20.2 Å². The van der Waals surface area contributed by atoms with Crippen LogP contribution in [0.1, 0.15) is 53.9 Å². The second-order valence-electron chi connectivity index (χ2n) is 5.77. The van der Waals surface area contributed by atoms with Crippen LogP contribution < -0.4 is 0 Å². The van der Waals surface area contributed by atoms with Gasteiger partial charge >= 0.3 is 0 Å². The molecule has 0 amide bonds. The highest BCUT2D eigenvalue weighted by Gasteiger charge is 2.42. The van der Waals surface area contributed by atoms with Crippen LogP contribution in [0.3, 0.4) is 0 Å². The second kappa shape index (κ2) is 3.27. The lowest BCUT2D eigenvalue weighted by Crippen LogP contribution is -2.44. The predicted molar refractivity (Wildman–Crippen MR) is 56.6 cm³/mol. The third kappa shape index (κ3) is 2.07. The van der Waals surface area contributed by atoms with Gasteiger partial charge < -0.3 is 5.11 Å². The summed E-state index contributed by atoms with van der Waals surface area (Å²) in [5.74, 6) is 1.17. The molecule has 0 spiro atoms. The molecule has 0 aromatic carbocycles. The highest BCUT2D eigenvalue weighted by atomic mass is 16.3. The molecular weight excluding hydrogens is 160 g/mol. The first-order valence-electron chi connectivity index (χ1n) is 5.50. The minimum atomic E-state index is -0.422. The van der Waals surface area contributed by atoms with Crippen LogP contribution in [0.25, 0.3) is 0 Å². The zero-order valence-corrected chi connectivity index (χ0v) is 9.72. The quantitative estimate of drug-likeness (QED) is 0.663. The van der Waals surface area contributed by atoms with E-state index in [1.807, 2.05) is 6.92 Å². The standard InChI is InChI=1S/C12H24O/c1-9(2)11(4)6-7-12(5,13)10(3)8-11/h9-10,13H,6-8H2,1-5H3. The number of hydrogen-bond donors (Lipinski definition) is 1. The Kier molecular flexibility index (Phi) is 2.78. The highest BCUT2D eigenvalue weighted by molar-refractivity contribution is 4.93. The van der Waals surface area contributed by atoms with Crippen LogP contribution in [-0.2, 0) is 0 Å². The van der Waals surface area contributed by atoms with Crippen LogP contribution >= 0.6 is 0 Å². The van der Waals surface area contributed by atoms with Crippen LogP contribution in [0.15, 0.2) is 0 Å². The average molecular weight is 184 g/mol. The maximum absolute atomic E-state index is 10.1. The molecule has 1 aliphatic rings. The Morgan fingerprint density at radius 2 is 1.77 bits per heavy atom. The van der Waals surface area contributed by atoms with E-state index in [4.69, 9.17) is 0 Å². The van der Waals surface area contributed by atoms with Gasteiger partial charge in [-0.1, -0.05) is 27.7 Å². The molecule has 0 saturated heterocycles. The Morgan fingerprint density at radius 3 is 2.15 bits per heavy atom. The summed E-state index contributed by atoms with van der Waals surface area (Å²) in [7, 11) is 0. The third-order valence-electron chi connectivity index (χ3n) is 4.43. The van der Waals surface area contributed by atoms with Crippen LogP contribution in [0.2, 0.25) is 0 Å². The van der Waals surface area contributed by atoms with E-state index < -0.39 is 5.60 Å². The SMILES string of the molecule is CC1CC(C)(C(C)C)CCC1(C)O. The first kappa shape index (κ1) is 11.0. The Labute approximate surface area is 82.5 Å². The summed E-state index contributed by atoms with van der Waals surface area (Å²) >= 11 is 0. The van der Waals surface area contributed by atoms with E-state index in [-0.39, 0.29) is 0 Å². The van der Waals surface area contributed by atoms with E-state index in [0.717, 1.165) is 18.8 Å². The molecule has 78 valence electrons. The summed E-state index contributed by atoms with van der Waals surface area (Å²) in [5, 5.41) is 10.1. The van der Waals surface area contributed by atoms with Gasteiger partial charge in [0.2, 0.25) is 0 Å². The Bertz CT molecular complexity index is 184. The second-order valence-corrected chi connectivity index (χ2v) is 5.77. The number of hydrogen-bond acceptors (Lipinski definition) is 1. The highest BCUT2D eigenvalue weighted by Crippen LogP contribution is 2.47. The van der Waals surface area contributed by atoms with Gasteiger partial charge in [0, 0.05) is 0 Å². The van der Waals surface area contributed by atoms with Gasteiger partial charge in [-0.25, -0.2) is 0 Å². The van der Waals surface area contributed by atoms with Gasteiger partial charge in [0.15, 0.2) is 0 Å². The smallest absolute Gasteiger partial charge is 0.0645 e. The summed E-state index contributed by atoms with van der Waals surface area (Å²) in [6, 6.07) is 0. The van der Waals surface area contributed by atoms with Gasteiger partial charge in [0.05, 0.1) is 5.60 Å². The molecule has 0 bridgehead atoms. The normalized spacial score (nSPS) is 46.8. The molecule has 3 unspecified atom stereocenters. The first-order valence-corrected chi connectivity index (χ1v) is 5.50. The Morgan fingerprint density at radius 1 is 1.23 bits per heavy atom. The molecule has 1 aliphatic carbocycles. The molecule has 0 aromatic heterocycles. The van der Waals surface area contributed by atoms with Crippen molar-refractivity contribution < 1.29 is 5.11 Å². The summed E-state index contributed by atoms with van der Waals surface area (Å²) in [4.78, 5) is 0. The van der Waals surface area contributed by atoms with Crippen molar-refractivity contribution in [2.24, 2.45) is 17.3 Å². The molecule has 1 fully saturated rings. The van der Waals surface area contributed by atoms with Crippen molar-refractivity contribution in [2.45, 2.75) is 59.5 Å². The van der Waals surface area contributed by atoms with Gasteiger partial charge in [-0.2, -0.15) is 0 Å². The minimum absolute atomic E-state index is 0.422. The van der Waals surface area contributed by atoms with Crippen molar-refractivity contribution in [1.29, 1.82) is 0 Å². The first-order chi connectivity index (χ1) is 5.78. The zero-order valence-electron chi connectivity index (χ0n) is 9.72. The number of aliphatic hydroxyl groups is 1. The fraction of sp³-hybridized carbons (Fsp3) is 1.00. The molecule has 1 nitrogen and oxygen atoms in total. The lowest BCUT2D eigenvalue weighted by atomic mass is 9.61. The van der Waals surface area contributed by atoms with Crippen LogP contribution in [0, 0.1) is 17.3 Å². The molecule has 1 heteroatoms. The van der Waals surface area contributed by atoms with Crippen LogP contribution in [-0.4, -0.2) is 10.7 Å². The zero-order chi connectivity index (χ0) is 10.3. The average Bonchev–Trinajstić information content (AvgIpc) is 1.98. The predicted octanol–water partition coefficient (Wildman–Crippen LogP) is 3.22. The van der Waals surface area contributed by atoms with E-state index in [1.54, 1.807) is 0 Å². The number of rotatable bonds is 1. The van der Waals surface area contributed by atoms with Crippen molar-refractivity contribution >= 4 is 0 Å². The van der Waals surface area contributed by atoms with E-state index >= 15 is 0 Å². The summed E-state index contributed by atoms with van der Waals surface area (Å²) in [5.41, 5.74) is 0.0239. The van der Waals surface area contributed by atoms with Crippen molar-refractivity contribution in [1.82, 2.24) is 0 Å². The molecule has 3 atom stereocenters. The Balaban J connectivity index is 2.70. The third-order valence-corrected chi connectivity index (χ3v) is 4.43. The summed E-state index contributed by atoms with van der Waals surface area (Å²) in [6.45, 7) is 11.1. The van der Waals surface area contributed by atoms with E-state index in [9.17, 15) is 5.11 Å². The van der Waals surface area contributed by atoms with Gasteiger partial charge in [0.25, 0.3) is 0 Å². The minimum Gasteiger partial charge on any atom is -0.390 e. The van der Waals surface area contributed by atoms with Crippen molar-refractivity contribution in [3.63, 3.8) is 0 Å². The van der Waals surface area contributed by atoms with E-state index in [2.05, 4.69) is 27.7 Å². The molecule has 1 saturated carbocycles. The lowest BCUT2D eigenvalue weighted by Gasteiger charge is -2.47. The van der Waals surface area contributed by atoms with Crippen LogP contribution in [0.4, 0.5) is 0 Å². The summed E-state index contributed by atoms with van der Waals surface area (Å²) < 4.78 is 0. The molecule has 0 radical (unpaired) electrons.